The Morgan fingerprint density at radius 3 is 2.94 bits per heavy atom. The second kappa shape index (κ2) is 5.72. The van der Waals surface area contributed by atoms with Gasteiger partial charge in [0.1, 0.15) is 0 Å². The van der Waals surface area contributed by atoms with Crippen molar-refractivity contribution in [3.63, 3.8) is 0 Å². The first-order chi connectivity index (χ1) is 7.75. The van der Waals surface area contributed by atoms with Crippen LogP contribution in [0.1, 0.15) is 57.2 Å². The zero-order chi connectivity index (χ0) is 11.4. The van der Waals surface area contributed by atoms with Crippen molar-refractivity contribution in [1.29, 1.82) is 0 Å². The molecule has 3 heteroatoms. The van der Waals surface area contributed by atoms with Crippen molar-refractivity contribution in [2.75, 3.05) is 0 Å². The van der Waals surface area contributed by atoms with E-state index in [0.29, 0.717) is 6.04 Å². The van der Waals surface area contributed by atoms with Crippen molar-refractivity contribution in [3.8, 4) is 0 Å². The van der Waals surface area contributed by atoms with Gasteiger partial charge in [-0.05, 0) is 45.1 Å². The SMILES string of the molecule is CC(Cl)CCCc1ccn(C2CCCC2)n1. The maximum Gasteiger partial charge on any atom is 0.0624 e. The summed E-state index contributed by atoms with van der Waals surface area (Å²) in [6.07, 6.45) is 10.8. The van der Waals surface area contributed by atoms with E-state index in [1.165, 1.54) is 31.4 Å². The fraction of sp³-hybridized carbons (Fsp3) is 0.769. The molecule has 0 amide bonds. The molecule has 0 spiro atoms. The Kier molecular flexibility index (Phi) is 4.28. The quantitative estimate of drug-likeness (QED) is 0.713. The van der Waals surface area contributed by atoms with E-state index < -0.39 is 0 Å². The van der Waals surface area contributed by atoms with Crippen molar-refractivity contribution in [2.45, 2.75) is 63.3 Å². The molecule has 1 aliphatic rings. The monoisotopic (exact) mass is 240 g/mol. The fourth-order valence-corrected chi connectivity index (χ4v) is 2.60. The summed E-state index contributed by atoms with van der Waals surface area (Å²) in [7, 11) is 0. The Bertz CT molecular complexity index is 313. The van der Waals surface area contributed by atoms with Gasteiger partial charge >= 0.3 is 0 Å². The second-order valence-electron chi connectivity index (χ2n) is 4.90. The fourth-order valence-electron chi connectivity index (χ4n) is 2.45. The summed E-state index contributed by atoms with van der Waals surface area (Å²) in [6.45, 7) is 2.05. The van der Waals surface area contributed by atoms with E-state index in [4.69, 9.17) is 11.6 Å². The number of hydrogen-bond acceptors (Lipinski definition) is 1. The van der Waals surface area contributed by atoms with Gasteiger partial charge in [-0.3, -0.25) is 4.68 Å². The summed E-state index contributed by atoms with van der Waals surface area (Å²) >= 11 is 5.93. The number of rotatable bonds is 5. The molecule has 2 nitrogen and oxygen atoms in total. The lowest BCUT2D eigenvalue weighted by Gasteiger charge is -2.08. The van der Waals surface area contributed by atoms with E-state index in [9.17, 15) is 0 Å². The molecular formula is C13H21ClN2. The molecular weight excluding hydrogens is 220 g/mol. The normalized spacial score (nSPS) is 19.1. The third-order valence-electron chi connectivity index (χ3n) is 3.40. The van der Waals surface area contributed by atoms with Gasteiger partial charge in [0.2, 0.25) is 0 Å². The standard InChI is InChI=1S/C13H21ClN2/c1-11(14)5-4-6-12-9-10-16(15-12)13-7-2-3-8-13/h9-11,13H,2-8H2,1H3. The Morgan fingerprint density at radius 2 is 2.25 bits per heavy atom. The molecule has 1 saturated carbocycles. The van der Waals surface area contributed by atoms with Crippen LogP contribution in [0, 0.1) is 0 Å². The summed E-state index contributed by atoms with van der Waals surface area (Å²) in [5, 5.41) is 4.95. The molecule has 1 fully saturated rings. The third kappa shape index (κ3) is 3.24. The van der Waals surface area contributed by atoms with Gasteiger partial charge < -0.3 is 0 Å². The van der Waals surface area contributed by atoms with Crippen LogP contribution in [-0.2, 0) is 6.42 Å². The Labute approximate surface area is 103 Å². The molecule has 1 atom stereocenters. The first-order valence-electron chi connectivity index (χ1n) is 6.44. The Balaban J connectivity index is 1.82. The van der Waals surface area contributed by atoms with Crippen LogP contribution in [-0.4, -0.2) is 15.2 Å². The average Bonchev–Trinajstić information content (AvgIpc) is 2.85. The molecule has 1 heterocycles. The first kappa shape index (κ1) is 12.0. The minimum absolute atomic E-state index is 0.289. The van der Waals surface area contributed by atoms with E-state index in [1.54, 1.807) is 0 Å². The van der Waals surface area contributed by atoms with Crippen LogP contribution in [0.2, 0.25) is 0 Å². The lowest BCUT2D eigenvalue weighted by Crippen LogP contribution is -2.05. The Hall–Kier alpha value is -0.500. The topological polar surface area (TPSA) is 17.8 Å². The molecule has 2 rings (SSSR count). The first-order valence-corrected chi connectivity index (χ1v) is 6.87. The summed E-state index contributed by atoms with van der Waals surface area (Å²) in [5.41, 5.74) is 1.23. The Morgan fingerprint density at radius 1 is 1.50 bits per heavy atom. The van der Waals surface area contributed by atoms with E-state index >= 15 is 0 Å². The number of aromatic nitrogens is 2. The number of hydrogen-bond donors (Lipinski definition) is 0. The van der Waals surface area contributed by atoms with Crippen LogP contribution in [0.25, 0.3) is 0 Å². The van der Waals surface area contributed by atoms with Crippen LogP contribution in [0.3, 0.4) is 0 Å². The minimum atomic E-state index is 0.289. The van der Waals surface area contributed by atoms with Crippen molar-refractivity contribution < 1.29 is 0 Å². The lowest BCUT2D eigenvalue weighted by atomic mass is 10.1. The van der Waals surface area contributed by atoms with E-state index in [0.717, 1.165) is 19.3 Å². The molecule has 0 aliphatic heterocycles. The molecule has 0 N–H and O–H groups in total. The van der Waals surface area contributed by atoms with E-state index in [1.807, 2.05) is 0 Å². The van der Waals surface area contributed by atoms with Gasteiger partial charge in [-0.1, -0.05) is 12.8 Å². The highest BCUT2D eigenvalue weighted by Gasteiger charge is 2.17. The maximum absolute atomic E-state index is 5.93. The molecule has 1 unspecified atom stereocenters. The molecule has 0 radical (unpaired) electrons. The number of alkyl halides is 1. The van der Waals surface area contributed by atoms with E-state index in [2.05, 4.69) is 29.0 Å². The van der Waals surface area contributed by atoms with Gasteiger partial charge in [0.15, 0.2) is 0 Å². The zero-order valence-corrected chi connectivity index (χ0v) is 10.8. The van der Waals surface area contributed by atoms with Gasteiger partial charge in [-0.2, -0.15) is 5.10 Å². The molecule has 90 valence electrons. The molecule has 1 aromatic heterocycles. The van der Waals surface area contributed by atoms with Crippen molar-refractivity contribution in [1.82, 2.24) is 9.78 Å². The molecule has 0 bridgehead atoms. The highest BCUT2D eigenvalue weighted by molar-refractivity contribution is 6.20. The van der Waals surface area contributed by atoms with Gasteiger partial charge in [-0.15, -0.1) is 11.6 Å². The highest BCUT2D eigenvalue weighted by Crippen LogP contribution is 2.28. The van der Waals surface area contributed by atoms with Crippen LogP contribution >= 0.6 is 11.6 Å². The predicted octanol–water partition coefficient (Wildman–Crippen LogP) is 3.95. The number of halogens is 1. The lowest BCUT2D eigenvalue weighted by molar-refractivity contribution is 0.462. The molecule has 16 heavy (non-hydrogen) atoms. The highest BCUT2D eigenvalue weighted by atomic mass is 35.5. The summed E-state index contributed by atoms with van der Waals surface area (Å²) < 4.78 is 2.17. The molecule has 1 aliphatic carbocycles. The van der Waals surface area contributed by atoms with Gasteiger partial charge in [0.25, 0.3) is 0 Å². The molecule has 0 saturated heterocycles. The van der Waals surface area contributed by atoms with Crippen LogP contribution < -0.4 is 0 Å². The smallest absolute Gasteiger partial charge is 0.0624 e. The van der Waals surface area contributed by atoms with Gasteiger partial charge in [0, 0.05) is 11.6 Å². The number of nitrogens with zero attached hydrogens (tertiary/aromatic N) is 2. The predicted molar refractivity (Wildman–Crippen MR) is 68.0 cm³/mol. The molecule has 1 aromatic rings. The van der Waals surface area contributed by atoms with Crippen LogP contribution in [0.5, 0.6) is 0 Å². The number of aryl methyl sites for hydroxylation is 1. The van der Waals surface area contributed by atoms with Crippen molar-refractivity contribution in [2.24, 2.45) is 0 Å². The van der Waals surface area contributed by atoms with Gasteiger partial charge in [0.05, 0.1) is 11.7 Å². The summed E-state index contributed by atoms with van der Waals surface area (Å²) in [4.78, 5) is 0. The van der Waals surface area contributed by atoms with Crippen LogP contribution in [0.15, 0.2) is 12.3 Å². The maximum atomic E-state index is 5.93. The minimum Gasteiger partial charge on any atom is -0.269 e. The van der Waals surface area contributed by atoms with Crippen molar-refractivity contribution >= 4 is 11.6 Å². The summed E-state index contributed by atoms with van der Waals surface area (Å²) in [5.74, 6) is 0. The van der Waals surface area contributed by atoms with Gasteiger partial charge in [-0.25, -0.2) is 0 Å². The van der Waals surface area contributed by atoms with Crippen LogP contribution in [0.4, 0.5) is 0 Å². The van der Waals surface area contributed by atoms with E-state index in [-0.39, 0.29) is 5.38 Å². The zero-order valence-electron chi connectivity index (χ0n) is 10.0. The largest absolute Gasteiger partial charge is 0.269 e. The third-order valence-corrected chi connectivity index (χ3v) is 3.62. The summed E-state index contributed by atoms with van der Waals surface area (Å²) in [6, 6.07) is 2.83. The van der Waals surface area contributed by atoms with Crippen molar-refractivity contribution in [3.05, 3.63) is 18.0 Å². The average molecular weight is 241 g/mol. The second-order valence-corrected chi connectivity index (χ2v) is 5.64. The molecule has 0 aromatic carbocycles.